The van der Waals surface area contributed by atoms with Gasteiger partial charge in [0, 0.05) is 73.9 Å². The highest BCUT2D eigenvalue weighted by atomic mass is 35.5. The molecule has 0 fully saturated rings. The third-order valence-corrected chi connectivity index (χ3v) is 13.5. The van der Waals surface area contributed by atoms with E-state index in [4.69, 9.17) is 16.3 Å². The van der Waals surface area contributed by atoms with Crippen LogP contribution in [0.25, 0.3) is 5.69 Å². The Hall–Kier alpha value is -5.19. The number of sulfonamides is 1. The minimum atomic E-state index is -3.49. The van der Waals surface area contributed by atoms with Gasteiger partial charge in [0.15, 0.2) is 5.78 Å². The Morgan fingerprint density at radius 1 is 0.934 bits per heavy atom. The maximum absolute atomic E-state index is 14.3. The summed E-state index contributed by atoms with van der Waals surface area (Å²) >= 11 is 7.28. The molecule has 3 heterocycles. The van der Waals surface area contributed by atoms with Crippen LogP contribution in [0, 0.1) is 0 Å². The third kappa shape index (κ3) is 11.8. The molecule has 1 aliphatic rings. The van der Waals surface area contributed by atoms with Gasteiger partial charge in [-0.2, -0.15) is 9.40 Å². The van der Waals surface area contributed by atoms with E-state index < -0.39 is 21.9 Å². The number of hydrogen-bond acceptors (Lipinski definition) is 10. The average Bonchev–Trinajstić information content (AvgIpc) is 3.89. The van der Waals surface area contributed by atoms with Crippen LogP contribution in [0.15, 0.2) is 91.3 Å². The van der Waals surface area contributed by atoms with E-state index in [1.807, 2.05) is 48.5 Å². The van der Waals surface area contributed by atoms with Crippen molar-refractivity contribution in [1.82, 2.24) is 23.9 Å². The lowest BCUT2D eigenvalue weighted by molar-refractivity contribution is -0.147. The summed E-state index contributed by atoms with van der Waals surface area (Å²) in [6.07, 6.45) is 6.40. The zero-order valence-corrected chi connectivity index (χ0v) is 37.2. The first kappa shape index (κ1) is 45.3. The molecule has 0 unspecified atom stereocenters. The van der Waals surface area contributed by atoms with Crippen molar-refractivity contribution in [1.29, 1.82) is 0 Å². The van der Waals surface area contributed by atoms with Crippen LogP contribution in [0.2, 0.25) is 5.02 Å². The van der Waals surface area contributed by atoms with Gasteiger partial charge in [0.2, 0.25) is 15.9 Å². The summed E-state index contributed by atoms with van der Waals surface area (Å²) in [5, 5.41) is 8.32. The minimum Gasteiger partial charge on any atom is -0.461 e. The van der Waals surface area contributed by atoms with Crippen molar-refractivity contribution >= 4 is 61.5 Å². The molecule has 0 saturated heterocycles. The third-order valence-electron chi connectivity index (χ3n) is 10.8. The Bertz CT molecular complexity index is 2450. The van der Waals surface area contributed by atoms with Crippen molar-refractivity contribution in [2.75, 3.05) is 38.3 Å². The van der Waals surface area contributed by atoms with E-state index in [2.05, 4.69) is 29.2 Å². The smallest absolute Gasteiger partial charge is 0.306 e. The van der Waals surface area contributed by atoms with E-state index >= 15 is 0 Å². The highest BCUT2D eigenvalue weighted by Crippen LogP contribution is 2.39. The van der Waals surface area contributed by atoms with Crippen molar-refractivity contribution in [3.05, 3.63) is 135 Å². The zero-order chi connectivity index (χ0) is 43.7. The lowest BCUT2D eigenvalue weighted by Gasteiger charge is -2.32. The molecule has 0 atom stereocenters. The fourth-order valence-corrected chi connectivity index (χ4v) is 9.59. The van der Waals surface area contributed by atoms with Gasteiger partial charge in [0.1, 0.15) is 11.6 Å². The molecule has 0 bridgehead atoms. The van der Waals surface area contributed by atoms with Crippen molar-refractivity contribution in [3.8, 4) is 5.69 Å². The molecule has 5 aromatic rings. The number of halogens is 1. The van der Waals surface area contributed by atoms with E-state index in [9.17, 15) is 27.6 Å². The highest BCUT2D eigenvalue weighted by molar-refractivity contribution is 7.88. The number of amides is 2. The fourth-order valence-electron chi connectivity index (χ4n) is 7.34. The largest absolute Gasteiger partial charge is 0.461 e. The predicted molar refractivity (Wildman–Crippen MR) is 238 cm³/mol. The summed E-state index contributed by atoms with van der Waals surface area (Å²) in [6.45, 7) is 6.28. The summed E-state index contributed by atoms with van der Waals surface area (Å²) in [5.74, 6) is -1.31. The van der Waals surface area contributed by atoms with Gasteiger partial charge in [-0.3, -0.25) is 24.1 Å². The van der Waals surface area contributed by atoms with E-state index in [1.165, 1.54) is 21.8 Å². The van der Waals surface area contributed by atoms with Gasteiger partial charge in [-0.1, -0.05) is 67.9 Å². The molecule has 2 aromatic heterocycles. The number of benzene rings is 3. The Balaban J connectivity index is 1.14. The number of esters is 1. The molecule has 61 heavy (non-hydrogen) atoms. The van der Waals surface area contributed by atoms with Gasteiger partial charge in [0.25, 0.3) is 5.91 Å². The molecular formula is C45H51ClN6O7S2. The molecule has 1 aliphatic heterocycles. The average molecular weight is 888 g/mol. The van der Waals surface area contributed by atoms with E-state index in [0.717, 1.165) is 30.2 Å². The van der Waals surface area contributed by atoms with Crippen LogP contribution in [-0.4, -0.2) is 94.8 Å². The van der Waals surface area contributed by atoms with Crippen molar-refractivity contribution in [2.24, 2.45) is 0 Å². The number of likely N-dealkylation sites (N-methyl/N-ethyl adjacent to an activating group) is 1. The quantitative estimate of drug-likeness (QED) is 0.0663. The Morgan fingerprint density at radius 2 is 1.66 bits per heavy atom. The van der Waals surface area contributed by atoms with E-state index in [-0.39, 0.29) is 50.3 Å². The summed E-state index contributed by atoms with van der Waals surface area (Å²) < 4.78 is 33.3. The topological polar surface area (TPSA) is 151 Å². The second-order valence-corrected chi connectivity index (χ2v) is 18.6. The predicted octanol–water partition coefficient (Wildman–Crippen LogP) is 7.36. The second kappa shape index (κ2) is 20.6. The Labute approximate surface area is 366 Å². The number of fused-ring (bicyclic) bond motifs is 1. The maximum atomic E-state index is 14.3. The number of hydrogen-bond donors (Lipinski definition) is 1. The van der Waals surface area contributed by atoms with Crippen LogP contribution in [0.3, 0.4) is 0 Å². The number of nitrogens with one attached hydrogen (secondary N) is 1. The van der Waals surface area contributed by atoms with Gasteiger partial charge in [-0.15, -0.1) is 11.3 Å². The van der Waals surface area contributed by atoms with Gasteiger partial charge in [-0.05, 0) is 72.4 Å². The van der Waals surface area contributed by atoms with E-state index in [1.54, 1.807) is 53.2 Å². The number of ketones is 1. The van der Waals surface area contributed by atoms with Crippen LogP contribution in [0.5, 0.6) is 0 Å². The summed E-state index contributed by atoms with van der Waals surface area (Å²) in [6, 6.07) is 24.0. The lowest BCUT2D eigenvalue weighted by Crippen LogP contribution is -2.41. The molecule has 0 radical (unpaired) electrons. The van der Waals surface area contributed by atoms with Crippen LogP contribution in [-0.2, 0) is 50.5 Å². The lowest BCUT2D eigenvalue weighted by atomic mass is 9.98. The molecule has 0 aliphatic carbocycles. The Morgan fingerprint density at radius 3 is 2.36 bits per heavy atom. The molecule has 16 heteroatoms. The number of aromatic nitrogens is 2. The number of ether oxygens (including phenoxy) is 1. The first-order valence-electron chi connectivity index (χ1n) is 20.3. The van der Waals surface area contributed by atoms with Crippen LogP contribution >= 0.6 is 22.9 Å². The fraction of sp³-hybridized carbons (Fsp3) is 0.356. The molecule has 1 N–H and O–H groups in total. The normalized spacial score (nSPS) is 13.0. The number of nitrogens with zero attached hydrogens (tertiary/aromatic N) is 5. The molecule has 2 amide bonds. The molecule has 0 spiro atoms. The van der Waals surface area contributed by atoms with Crippen LogP contribution in [0.1, 0.15) is 87.4 Å². The van der Waals surface area contributed by atoms with Crippen molar-refractivity contribution in [3.63, 3.8) is 0 Å². The summed E-state index contributed by atoms with van der Waals surface area (Å²) in [4.78, 5) is 58.3. The molecule has 0 saturated carbocycles. The molecule has 13 nitrogen and oxygen atoms in total. The zero-order valence-electron chi connectivity index (χ0n) is 34.8. The van der Waals surface area contributed by atoms with Gasteiger partial charge >= 0.3 is 5.97 Å². The molecule has 322 valence electrons. The van der Waals surface area contributed by atoms with E-state index in [0.29, 0.717) is 68.9 Å². The molecule has 6 rings (SSSR count). The number of carbonyl (C=O) groups is 4. The molecular weight excluding hydrogens is 836 g/mol. The highest BCUT2D eigenvalue weighted by Gasteiger charge is 2.32. The number of rotatable bonds is 19. The summed E-state index contributed by atoms with van der Waals surface area (Å²) in [5.41, 5.74) is 4.25. The Kier molecular flexibility index (Phi) is 15.3. The number of thiophene rings is 1. The number of carbonyl (C=O) groups excluding carboxylic acids is 4. The second-order valence-electron chi connectivity index (χ2n) is 15.1. The maximum Gasteiger partial charge on any atom is 0.306 e. The van der Waals surface area contributed by atoms with Crippen LogP contribution < -0.4 is 5.32 Å². The van der Waals surface area contributed by atoms with Gasteiger partial charge in [-0.25, -0.2) is 13.1 Å². The first-order chi connectivity index (χ1) is 29.2. The van der Waals surface area contributed by atoms with Gasteiger partial charge < -0.3 is 15.0 Å². The standard InChI is InChI=1S/C45H51ClN6O7S2/c1-5-36(6-2)50(24-23-49(3)40(53)19-20-41(54)59-30-31-11-8-7-9-12-31)27-32-13-10-14-33(25-32)44(56)48-45-42(38-21-22-51(61(4,57)58)29-39(38)60-45)43(55)34-26-47-52(28-34)37-17-15-35(46)16-18-37/h7-18,25-26,28,36H,5-6,19-24,27,29-30H2,1-4H3,(H,48,56). The SMILES string of the molecule is CCC(CC)N(CCN(C)C(=O)CCC(=O)OCc1ccccc1)Cc1cccc(C(=O)Nc2sc3c(c2C(=O)c2cnn(-c4ccc(Cl)cc4)c2)CCN(S(C)(=O)=O)C3)c1. The minimum absolute atomic E-state index is 0.000978. The van der Waals surface area contributed by atoms with Gasteiger partial charge in [0.05, 0.1) is 35.7 Å². The number of anilines is 1. The van der Waals surface area contributed by atoms with Crippen molar-refractivity contribution < 1.29 is 32.3 Å². The van der Waals surface area contributed by atoms with Crippen molar-refractivity contribution in [2.45, 2.75) is 71.7 Å². The first-order valence-corrected chi connectivity index (χ1v) is 23.3. The summed E-state index contributed by atoms with van der Waals surface area (Å²) in [7, 11) is -1.76. The monoisotopic (exact) mass is 886 g/mol. The van der Waals surface area contributed by atoms with Crippen LogP contribution in [0.4, 0.5) is 5.00 Å². The molecule has 3 aromatic carbocycles.